The van der Waals surface area contributed by atoms with Crippen LogP contribution in [-0.2, 0) is 23.7 Å². The van der Waals surface area contributed by atoms with Gasteiger partial charge in [-0.1, -0.05) is 150 Å². The molecule has 66 heavy (non-hydrogen) atoms. The highest BCUT2D eigenvalue weighted by Gasteiger charge is 2.51. The number of amides is 1. The molecule has 376 valence electrons. The summed E-state index contributed by atoms with van der Waals surface area (Å²) in [5.74, 6) is -0.338. The van der Waals surface area contributed by atoms with Crippen molar-refractivity contribution in [2.24, 2.45) is 0 Å². The lowest BCUT2D eigenvalue weighted by Gasteiger charge is -2.46. The van der Waals surface area contributed by atoms with Crippen molar-refractivity contribution in [2.75, 3.05) is 19.8 Å². The second-order valence-electron chi connectivity index (χ2n) is 16.8. The molecule has 14 heteroatoms. The number of nitrogens with one attached hydrogen (secondary N) is 1. The Balaban J connectivity index is 1.92. The third-order valence-corrected chi connectivity index (χ3v) is 11.3. The van der Waals surface area contributed by atoms with Crippen LogP contribution < -0.4 is 5.32 Å². The van der Waals surface area contributed by atoms with Gasteiger partial charge in [0.25, 0.3) is 0 Å². The summed E-state index contributed by atoms with van der Waals surface area (Å²) in [6, 6.07) is -0.976. The smallest absolute Gasteiger partial charge is 0.220 e. The molecule has 0 aromatic heterocycles. The highest BCUT2D eigenvalue weighted by molar-refractivity contribution is 5.76. The van der Waals surface area contributed by atoms with Crippen LogP contribution in [0.25, 0.3) is 0 Å². The number of aliphatic hydroxyl groups excluding tert-OH is 8. The van der Waals surface area contributed by atoms with Crippen molar-refractivity contribution in [3.05, 3.63) is 97.2 Å². The number of unbranched alkanes of at least 4 members (excludes halogenated alkanes) is 8. The maximum atomic E-state index is 13.1. The van der Waals surface area contributed by atoms with E-state index in [4.69, 9.17) is 18.9 Å². The van der Waals surface area contributed by atoms with E-state index in [0.29, 0.717) is 12.8 Å². The summed E-state index contributed by atoms with van der Waals surface area (Å²) in [6.07, 6.45) is 33.2. The highest BCUT2D eigenvalue weighted by atomic mass is 16.7. The van der Waals surface area contributed by atoms with Gasteiger partial charge in [0.1, 0.15) is 48.8 Å². The molecule has 1 amide bonds. The molecular formula is C52H85NO13. The van der Waals surface area contributed by atoms with E-state index in [-0.39, 0.29) is 18.9 Å². The molecule has 0 radical (unpaired) electrons. The minimum absolute atomic E-state index is 0.142. The van der Waals surface area contributed by atoms with E-state index in [1.165, 1.54) is 44.9 Å². The van der Waals surface area contributed by atoms with Crippen molar-refractivity contribution in [2.45, 2.75) is 203 Å². The molecule has 2 fully saturated rings. The number of rotatable bonds is 35. The Morgan fingerprint density at radius 2 is 1.06 bits per heavy atom. The molecule has 2 heterocycles. The summed E-state index contributed by atoms with van der Waals surface area (Å²) >= 11 is 0. The Labute approximate surface area is 394 Å². The fourth-order valence-electron chi connectivity index (χ4n) is 7.27. The maximum absolute atomic E-state index is 13.1. The highest BCUT2D eigenvalue weighted by Crippen LogP contribution is 2.30. The van der Waals surface area contributed by atoms with Crippen molar-refractivity contribution in [1.29, 1.82) is 0 Å². The van der Waals surface area contributed by atoms with E-state index in [9.17, 15) is 45.6 Å². The molecule has 14 nitrogen and oxygen atoms in total. The van der Waals surface area contributed by atoms with Gasteiger partial charge in [-0.3, -0.25) is 4.79 Å². The van der Waals surface area contributed by atoms with Gasteiger partial charge in [0.2, 0.25) is 5.91 Å². The molecule has 2 aliphatic heterocycles. The normalized spacial score (nSPS) is 27.7. The Kier molecular flexibility index (Phi) is 33.8. The van der Waals surface area contributed by atoms with Crippen molar-refractivity contribution in [1.82, 2.24) is 5.32 Å². The molecule has 12 atom stereocenters. The zero-order valence-corrected chi connectivity index (χ0v) is 39.6. The number of carbonyl (C=O) groups excluding carboxylic acids is 1. The maximum Gasteiger partial charge on any atom is 0.220 e. The molecule has 2 aliphatic rings. The zero-order valence-electron chi connectivity index (χ0n) is 39.6. The van der Waals surface area contributed by atoms with Crippen LogP contribution in [0.4, 0.5) is 0 Å². The van der Waals surface area contributed by atoms with Gasteiger partial charge in [-0.05, 0) is 70.6 Å². The first kappa shape index (κ1) is 59.0. The van der Waals surface area contributed by atoms with E-state index >= 15 is 0 Å². The van der Waals surface area contributed by atoms with Crippen LogP contribution in [0, 0.1) is 0 Å². The van der Waals surface area contributed by atoms with E-state index in [0.717, 1.165) is 51.4 Å². The molecule has 2 saturated heterocycles. The Bertz CT molecular complexity index is 1470. The van der Waals surface area contributed by atoms with Gasteiger partial charge >= 0.3 is 0 Å². The van der Waals surface area contributed by atoms with Crippen molar-refractivity contribution < 1.29 is 64.6 Å². The lowest BCUT2D eigenvalue weighted by atomic mass is 9.97. The van der Waals surface area contributed by atoms with Crippen LogP contribution in [0.1, 0.15) is 129 Å². The van der Waals surface area contributed by atoms with Gasteiger partial charge in [-0.25, -0.2) is 0 Å². The third kappa shape index (κ3) is 24.8. The summed E-state index contributed by atoms with van der Waals surface area (Å²) in [7, 11) is 0. The lowest BCUT2D eigenvalue weighted by molar-refractivity contribution is -0.359. The first-order valence-corrected chi connectivity index (χ1v) is 24.5. The summed E-state index contributed by atoms with van der Waals surface area (Å²) < 4.78 is 22.6. The zero-order chi connectivity index (χ0) is 48.2. The standard InChI is InChI=1S/C52H85NO13/c1-3-5-7-9-11-13-15-17-18-19-20-21-22-24-26-28-30-32-34-36-44(57)53-40(41(56)35-33-31-29-27-25-23-16-14-12-10-8-6-4-2)39-63-51-49(62)47(60)50(43(38-55)65-51)66-52-48(61)46(59)45(58)42(37-54)64-52/h5,7,11,13,17-18,20-21,24-27,30,32-33,35,40-43,45-52,54-56,58-62H,3-4,6,8-10,12,14-16,19,22-23,28-29,31,34,36-39H2,1-2H3,(H,53,57)/b7-5-,13-11-,18-17-,21-20-,26-24-,27-25+,32-30-,35-33+. The van der Waals surface area contributed by atoms with Crippen LogP contribution in [0.3, 0.4) is 0 Å². The summed E-state index contributed by atoms with van der Waals surface area (Å²) in [4.78, 5) is 13.1. The van der Waals surface area contributed by atoms with Crippen LogP contribution in [0.5, 0.6) is 0 Å². The number of allylic oxidation sites excluding steroid dienone is 15. The van der Waals surface area contributed by atoms with E-state index in [2.05, 4.69) is 92.1 Å². The molecule has 0 bridgehead atoms. The number of ether oxygens (including phenoxy) is 4. The topological polar surface area (TPSA) is 228 Å². The van der Waals surface area contributed by atoms with Gasteiger partial charge in [0.15, 0.2) is 12.6 Å². The number of hydrogen-bond acceptors (Lipinski definition) is 13. The van der Waals surface area contributed by atoms with Gasteiger partial charge in [-0.15, -0.1) is 0 Å². The fraction of sp³-hybridized carbons (Fsp3) is 0.673. The molecule has 0 aliphatic carbocycles. The predicted molar refractivity (Wildman–Crippen MR) is 258 cm³/mol. The average molecular weight is 932 g/mol. The fourth-order valence-corrected chi connectivity index (χ4v) is 7.27. The van der Waals surface area contributed by atoms with Gasteiger partial charge in [-0.2, -0.15) is 0 Å². The first-order valence-electron chi connectivity index (χ1n) is 24.5. The molecule has 0 aromatic rings. The lowest BCUT2D eigenvalue weighted by Crippen LogP contribution is -2.65. The Morgan fingerprint density at radius 3 is 1.65 bits per heavy atom. The largest absolute Gasteiger partial charge is 0.394 e. The molecule has 2 rings (SSSR count). The summed E-state index contributed by atoms with van der Waals surface area (Å²) in [5.41, 5.74) is 0. The van der Waals surface area contributed by atoms with Gasteiger partial charge in [0, 0.05) is 6.42 Å². The van der Waals surface area contributed by atoms with Crippen molar-refractivity contribution >= 4 is 5.91 Å². The van der Waals surface area contributed by atoms with Crippen LogP contribution in [-0.4, -0.2) is 140 Å². The molecule has 9 N–H and O–H groups in total. The van der Waals surface area contributed by atoms with E-state index < -0.39 is 86.8 Å². The van der Waals surface area contributed by atoms with Crippen LogP contribution in [0.15, 0.2) is 97.2 Å². The van der Waals surface area contributed by atoms with E-state index in [1.807, 2.05) is 18.2 Å². The van der Waals surface area contributed by atoms with Gasteiger partial charge in [0.05, 0.1) is 32.0 Å². The summed E-state index contributed by atoms with van der Waals surface area (Å²) in [5, 5.41) is 86.5. The quantitative estimate of drug-likeness (QED) is 0.0264. The molecule has 0 spiro atoms. The molecule has 12 unspecified atom stereocenters. The average Bonchev–Trinajstić information content (AvgIpc) is 3.31. The summed E-state index contributed by atoms with van der Waals surface area (Å²) in [6.45, 7) is 2.55. The molecule has 0 saturated carbocycles. The Morgan fingerprint density at radius 1 is 0.561 bits per heavy atom. The predicted octanol–water partition coefficient (Wildman–Crippen LogP) is 5.98. The number of aliphatic hydroxyl groups is 8. The monoisotopic (exact) mass is 932 g/mol. The van der Waals surface area contributed by atoms with Crippen molar-refractivity contribution in [3.63, 3.8) is 0 Å². The second-order valence-corrected chi connectivity index (χ2v) is 16.8. The number of carbonyl (C=O) groups is 1. The van der Waals surface area contributed by atoms with Crippen molar-refractivity contribution in [3.8, 4) is 0 Å². The second kappa shape index (κ2) is 37.8. The third-order valence-electron chi connectivity index (χ3n) is 11.3. The van der Waals surface area contributed by atoms with Gasteiger partial charge < -0.3 is 65.1 Å². The molecular weight excluding hydrogens is 847 g/mol. The minimum atomic E-state index is -1.80. The van der Waals surface area contributed by atoms with E-state index in [1.54, 1.807) is 6.08 Å². The Hall–Kier alpha value is -3.09. The SMILES string of the molecule is CC/C=C\C/C=C\C/C=C\C/C=C\C/C=C\C/C=C\CCC(=O)NC(COC1OC(CO)C(OC2OC(CO)C(O)C(O)C2O)C(O)C1O)C(O)/C=C/CC/C=C/CCCCCCCCC. The van der Waals surface area contributed by atoms with Crippen LogP contribution in [0.2, 0.25) is 0 Å². The number of hydrogen-bond donors (Lipinski definition) is 9. The molecule has 0 aromatic carbocycles. The minimum Gasteiger partial charge on any atom is -0.394 e. The first-order chi connectivity index (χ1) is 32.1. The van der Waals surface area contributed by atoms with Crippen LogP contribution >= 0.6 is 0 Å².